The maximum Gasteiger partial charge on any atom is 0.263 e. The van der Waals surface area contributed by atoms with Crippen molar-refractivity contribution in [2.24, 2.45) is 0 Å². The van der Waals surface area contributed by atoms with Gasteiger partial charge in [-0.2, -0.15) is 0 Å². The van der Waals surface area contributed by atoms with Crippen LogP contribution in [0.4, 0.5) is 0 Å². The molecule has 1 aliphatic heterocycles. The first-order valence-corrected chi connectivity index (χ1v) is 7.51. The highest BCUT2D eigenvalue weighted by Gasteiger charge is 2.22. The number of hydrogen-bond acceptors (Lipinski definition) is 5. The number of nitrogens with one attached hydrogen (secondary N) is 1. The lowest BCUT2D eigenvalue weighted by molar-refractivity contribution is -0.115. The lowest BCUT2D eigenvalue weighted by atomic mass is 10.1. The molecule has 1 aromatic carbocycles. The molecule has 0 radical (unpaired) electrons. The van der Waals surface area contributed by atoms with Gasteiger partial charge in [0, 0.05) is 11.6 Å². The largest absolute Gasteiger partial charge is 0.494 e. The highest BCUT2D eigenvalue weighted by Crippen LogP contribution is 2.31. The van der Waals surface area contributed by atoms with Gasteiger partial charge in [0.25, 0.3) is 5.91 Å². The van der Waals surface area contributed by atoms with Crippen LogP contribution in [-0.2, 0) is 4.79 Å². The molecule has 20 heavy (non-hydrogen) atoms. The Balaban J connectivity index is 2.33. The van der Waals surface area contributed by atoms with Crippen LogP contribution >= 0.6 is 24.0 Å². The lowest BCUT2D eigenvalue weighted by Gasteiger charge is -2.10. The molecule has 0 spiro atoms. The molecule has 1 fully saturated rings. The third-order valence-corrected chi connectivity index (χ3v) is 3.69. The molecule has 1 N–H and O–H groups in total. The Hall–Kier alpha value is -1.53. The van der Waals surface area contributed by atoms with Crippen LogP contribution in [0.1, 0.15) is 19.4 Å². The van der Waals surface area contributed by atoms with Gasteiger partial charge in [-0.15, -0.1) is 0 Å². The highest BCUT2D eigenvalue weighted by molar-refractivity contribution is 8.26. The fourth-order valence-corrected chi connectivity index (χ4v) is 2.77. The molecule has 1 aromatic rings. The predicted molar refractivity (Wildman–Crippen MR) is 85.1 cm³/mol. The summed E-state index contributed by atoms with van der Waals surface area (Å²) < 4.78 is 11.5. The lowest BCUT2D eigenvalue weighted by Crippen LogP contribution is -2.17. The number of ether oxygens (including phenoxy) is 2. The van der Waals surface area contributed by atoms with Crippen molar-refractivity contribution in [1.82, 2.24) is 5.32 Å². The number of thiocarbonyl (C=S) groups is 1. The molecular weight excluding hydrogens is 294 g/mol. The van der Waals surface area contributed by atoms with Crippen molar-refractivity contribution in [1.29, 1.82) is 0 Å². The summed E-state index contributed by atoms with van der Waals surface area (Å²) in [7, 11) is 0. The van der Waals surface area contributed by atoms with E-state index in [4.69, 9.17) is 21.7 Å². The topological polar surface area (TPSA) is 47.6 Å². The molecule has 1 aliphatic rings. The van der Waals surface area contributed by atoms with Gasteiger partial charge in [0.2, 0.25) is 0 Å². The van der Waals surface area contributed by atoms with Crippen molar-refractivity contribution in [2.75, 3.05) is 13.2 Å². The number of amides is 1. The summed E-state index contributed by atoms with van der Waals surface area (Å²) in [5, 5.41) is 2.59. The Morgan fingerprint density at radius 1 is 1.30 bits per heavy atom. The molecule has 1 heterocycles. The number of rotatable bonds is 5. The summed E-state index contributed by atoms with van der Waals surface area (Å²) in [6.45, 7) is 4.98. The summed E-state index contributed by atoms with van der Waals surface area (Å²) in [6, 6.07) is 5.56. The minimum atomic E-state index is -0.170. The van der Waals surface area contributed by atoms with E-state index in [1.54, 1.807) is 6.08 Å². The maximum atomic E-state index is 11.7. The zero-order valence-corrected chi connectivity index (χ0v) is 12.9. The Kier molecular flexibility index (Phi) is 5.03. The normalized spacial score (nSPS) is 16.4. The van der Waals surface area contributed by atoms with Gasteiger partial charge in [0.1, 0.15) is 15.8 Å². The summed E-state index contributed by atoms with van der Waals surface area (Å²) in [6.07, 6.45) is 1.78. The molecule has 0 aliphatic carbocycles. The van der Waals surface area contributed by atoms with Crippen LogP contribution in [0.2, 0.25) is 0 Å². The molecule has 2 rings (SSSR count). The van der Waals surface area contributed by atoms with E-state index in [2.05, 4.69) is 5.32 Å². The second kappa shape index (κ2) is 6.76. The molecule has 1 amide bonds. The monoisotopic (exact) mass is 309 g/mol. The molecular formula is C14H15NO3S2. The third kappa shape index (κ3) is 3.52. The van der Waals surface area contributed by atoms with Crippen LogP contribution in [0.15, 0.2) is 23.1 Å². The maximum absolute atomic E-state index is 11.7. The second-order valence-electron chi connectivity index (χ2n) is 3.92. The van der Waals surface area contributed by atoms with Gasteiger partial charge in [0.15, 0.2) is 0 Å². The van der Waals surface area contributed by atoms with Crippen LogP contribution in [-0.4, -0.2) is 23.4 Å². The van der Waals surface area contributed by atoms with E-state index in [0.717, 1.165) is 11.3 Å². The summed E-state index contributed by atoms with van der Waals surface area (Å²) in [5.41, 5.74) is 0.831. The van der Waals surface area contributed by atoms with Gasteiger partial charge in [-0.05, 0) is 32.1 Å². The number of thioether (sulfide) groups is 1. The van der Waals surface area contributed by atoms with Crippen molar-refractivity contribution in [3.8, 4) is 11.5 Å². The molecule has 4 nitrogen and oxygen atoms in total. The van der Waals surface area contributed by atoms with Crippen LogP contribution in [0.25, 0.3) is 6.08 Å². The minimum absolute atomic E-state index is 0.170. The average Bonchev–Trinajstić information content (AvgIpc) is 2.71. The standard InChI is InChI=1S/C14H15NO3S2/c1-3-17-10-6-5-9(11(8-10)18-4-2)7-12-13(16)15-14(19)20-12/h5-8H,3-4H2,1-2H3,(H,15,16,19)/b12-7-. The first kappa shape index (κ1) is 14.9. The van der Waals surface area contributed by atoms with Crippen LogP contribution < -0.4 is 14.8 Å². The Morgan fingerprint density at radius 3 is 2.65 bits per heavy atom. The summed E-state index contributed by atoms with van der Waals surface area (Å²) >= 11 is 6.22. The average molecular weight is 309 g/mol. The zero-order valence-electron chi connectivity index (χ0n) is 11.3. The predicted octanol–water partition coefficient (Wildman–Crippen LogP) is 2.97. The fourth-order valence-electron chi connectivity index (χ4n) is 1.73. The molecule has 0 aromatic heterocycles. The summed E-state index contributed by atoms with van der Waals surface area (Å²) in [5.74, 6) is 1.27. The van der Waals surface area contributed by atoms with E-state index in [0.29, 0.717) is 28.2 Å². The highest BCUT2D eigenvalue weighted by atomic mass is 32.2. The molecule has 0 bridgehead atoms. The van der Waals surface area contributed by atoms with Gasteiger partial charge < -0.3 is 14.8 Å². The van der Waals surface area contributed by atoms with E-state index < -0.39 is 0 Å². The van der Waals surface area contributed by atoms with E-state index in [-0.39, 0.29) is 5.91 Å². The van der Waals surface area contributed by atoms with Crippen LogP contribution in [0.3, 0.4) is 0 Å². The number of hydrogen-bond donors (Lipinski definition) is 1. The number of carbonyl (C=O) groups is 1. The number of benzene rings is 1. The smallest absolute Gasteiger partial charge is 0.263 e. The van der Waals surface area contributed by atoms with Gasteiger partial charge in [-0.3, -0.25) is 4.79 Å². The van der Waals surface area contributed by atoms with Crippen molar-refractivity contribution >= 4 is 40.3 Å². The molecule has 0 unspecified atom stereocenters. The van der Waals surface area contributed by atoms with Gasteiger partial charge >= 0.3 is 0 Å². The quantitative estimate of drug-likeness (QED) is 0.669. The van der Waals surface area contributed by atoms with Crippen LogP contribution in [0, 0.1) is 0 Å². The molecule has 1 saturated heterocycles. The van der Waals surface area contributed by atoms with E-state index >= 15 is 0 Å². The van der Waals surface area contributed by atoms with Gasteiger partial charge in [-0.1, -0.05) is 24.0 Å². The van der Waals surface area contributed by atoms with Crippen molar-refractivity contribution in [3.63, 3.8) is 0 Å². The molecule has 106 valence electrons. The second-order valence-corrected chi connectivity index (χ2v) is 5.64. The molecule has 0 saturated carbocycles. The van der Waals surface area contributed by atoms with Crippen molar-refractivity contribution in [3.05, 3.63) is 28.7 Å². The van der Waals surface area contributed by atoms with Crippen LogP contribution in [0.5, 0.6) is 11.5 Å². The van der Waals surface area contributed by atoms with Gasteiger partial charge in [-0.25, -0.2) is 0 Å². The Bertz CT molecular complexity index is 570. The van der Waals surface area contributed by atoms with Crippen molar-refractivity contribution < 1.29 is 14.3 Å². The third-order valence-electron chi connectivity index (χ3n) is 2.52. The Labute approximate surface area is 127 Å². The molecule has 6 heteroatoms. The van der Waals surface area contributed by atoms with Gasteiger partial charge in [0.05, 0.1) is 18.1 Å². The zero-order chi connectivity index (χ0) is 14.5. The number of carbonyl (C=O) groups excluding carboxylic acids is 1. The van der Waals surface area contributed by atoms with E-state index in [1.165, 1.54) is 11.8 Å². The van der Waals surface area contributed by atoms with E-state index in [9.17, 15) is 4.79 Å². The molecule has 0 atom stereocenters. The first-order chi connectivity index (χ1) is 9.63. The first-order valence-electron chi connectivity index (χ1n) is 6.28. The Morgan fingerprint density at radius 2 is 2.05 bits per heavy atom. The fraction of sp³-hybridized carbons (Fsp3) is 0.286. The van der Waals surface area contributed by atoms with Crippen molar-refractivity contribution in [2.45, 2.75) is 13.8 Å². The minimum Gasteiger partial charge on any atom is -0.494 e. The van der Waals surface area contributed by atoms with E-state index in [1.807, 2.05) is 32.0 Å². The summed E-state index contributed by atoms with van der Waals surface area (Å²) in [4.78, 5) is 12.2. The SMILES string of the molecule is CCOc1ccc(/C=C2\SC(=S)NC2=O)c(OCC)c1.